The van der Waals surface area contributed by atoms with Crippen LogP contribution in [-0.4, -0.2) is 57.7 Å². The lowest BCUT2D eigenvalue weighted by Crippen LogP contribution is -2.39. The van der Waals surface area contributed by atoms with Crippen LogP contribution >= 0.6 is 0 Å². The average molecular weight is 294 g/mol. The van der Waals surface area contributed by atoms with Crippen molar-refractivity contribution < 1.29 is 19.1 Å². The van der Waals surface area contributed by atoms with Crippen molar-refractivity contribution in [1.29, 1.82) is 0 Å². The van der Waals surface area contributed by atoms with E-state index >= 15 is 0 Å². The molecule has 116 valence electrons. The number of rotatable bonds is 8. The summed E-state index contributed by atoms with van der Waals surface area (Å²) in [6.07, 6.45) is 0.840. The van der Waals surface area contributed by atoms with Crippen LogP contribution in [0.15, 0.2) is 24.3 Å². The van der Waals surface area contributed by atoms with Crippen molar-refractivity contribution in [3.05, 3.63) is 29.8 Å². The lowest BCUT2D eigenvalue weighted by molar-refractivity contribution is -0.121. The summed E-state index contributed by atoms with van der Waals surface area (Å²) in [5.74, 6) is -0.0700. The Morgan fingerprint density at radius 1 is 1.19 bits per heavy atom. The highest BCUT2D eigenvalue weighted by Gasteiger charge is 2.12. The quantitative estimate of drug-likeness (QED) is 0.722. The maximum atomic E-state index is 11.9. The number of carbonyl (C=O) groups excluding carboxylic acids is 2. The first kappa shape index (κ1) is 17.1. The Kier molecular flexibility index (Phi) is 7.42. The molecule has 0 heterocycles. The number of benzene rings is 1. The summed E-state index contributed by atoms with van der Waals surface area (Å²) < 4.78 is 9.96. The molecule has 0 saturated carbocycles. The van der Waals surface area contributed by atoms with Crippen molar-refractivity contribution in [2.45, 2.75) is 6.42 Å². The molecule has 0 radical (unpaired) electrons. The van der Waals surface area contributed by atoms with Crippen LogP contribution in [0, 0.1) is 0 Å². The van der Waals surface area contributed by atoms with E-state index in [0.717, 1.165) is 13.0 Å². The number of likely N-dealkylation sites (N-methyl/N-ethyl adjacent to an activating group) is 1. The minimum atomic E-state index is -0.409. The molecule has 0 unspecified atom stereocenters. The van der Waals surface area contributed by atoms with Gasteiger partial charge in [-0.1, -0.05) is 0 Å². The molecule has 2 amide bonds. The summed E-state index contributed by atoms with van der Waals surface area (Å²) in [7, 11) is 5.02. The lowest BCUT2D eigenvalue weighted by atomic mass is 10.2. The number of nitrogens with zero attached hydrogens (tertiary/aromatic N) is 1. The molecule has 0 aliphatic rings. The normalized spacial score (nSPS) is 10.5. The average Bonchev–Trinajstić information content (AvgIpc) is 2.47. The maximum Gasteiger partial charge on any atom is 0.257 e. The standard InChI is InChI=1S/C15H22N2O4/c1-17(9-4-10-20-2)11-14(18)16-15(19)12-5-7-13(21-3)8-6-12/h5-8H,4,9-11H2,1-3H3,(H,16,18,19). The van der Waals surface area contributed by atoms with E-state index < -0.39 is 5.91 Å². The summed E-state index contributed by atoms with van der Waals surface area (Å²) in [6, 6.07) is 6.58. The third-order valence-electron chi connectivity index (χ3n) is 2.91. The van der Waals surface area contributed by atoms with Gasteiger partial charge in [0.15, 0.2) is 0 Å². The Bertz CT molecular complexity index is 459. The van der Waals surface area contributed by atoms with Crippen LogP contribution in [0.2, 0.25) is 0 Å². The van der Waals surface area contributed by atoms with E-state index in [0.29, 0.717) is 17.9 Å². The SMILES string of the molecule is COCCCN(C)CC(=O)NC(=O)c1ccc(OC)cc1. The van der Waals surface area contributed by atoms with Crippen LogP contribution in [-0.2, 0) is 9.53 Å². The van der Waals surface area contributed by atoms with Crippen LogP contribution in [0.5, 0.6) is 5.75 Å². The predicted octanol–water partition coefficient (Wildman–Crippen LogP) is 0.920. The molecule has 6 nitrogen and oxygen atoms in total. The van der Waals surface area contributed by atoms with Crippen molar-refractivity contribution in [2.24, 2.45) is 0 Å². The van der Waals surface area contributed by atoms with E-state index in [4.69, 9.17) is 9.47 Å². The molecule has 1 rings (SSSR count). The number of hydrogen-bond acceptors (Lipinski definition) is 5. The molecule has 0 aliphatic carbocycles. The summed E-state index contributed by atoms with van der Waals surface area (Å²) in [6.45, 7) is 1.56. The first-order valence-electron chi connectivity index (χ1n) is 6.72. The zero-order valence-electron chi connectivity index (χ0n) is 12.7. The Morgan fingerprint density at radius 3 is 2.43 bits per heavy atom. The Labute approximate surface area is 125 Å². The highest BCUT2D eigenvalue weighted by atomic mass is 16.5. The summed E-state index contributed by atoms with van der Waals surface area (Å²) in [5.41, 5.74) is 0.422. The van der Waals surface area contributed by atoms with Crippen molar-refractivity contribution in [2.75, 3.05) is 41.0 Å². The minimum Gasteiger partial charge on any atom is -0.497 e. The van der Waals surface area contributed by atoms with Gasteiger partial charge in [0, 0.05) is 25.8 Å². The zero-order valence-corrected chi connectivity index (χ0v) is 12.7. The fraction of sp³-hybridized carbons (Fsp3) is 0.467. The van der Waals surface area contributed by atoms with Crippen LogP contribution < -0.4 is 10.1 Å². The number of carbonyl (C=O) groups is 2. The van der Waals surface area contributed by atoms with E-state index in [1.165, 1.54) is 0 Å². The van der Waals surface area contributed by atoms with Gasteiger partial charge in [0.1, 0.15) is 5.75 Å². The zero-order chi connectivity index (χ0) is 15.7. The second-order valence-electron chi connectivity index (χ2n) is 4.69. The molecule has 1 aromatic carbocycles. The second kappa shape index (κ2) is 9.10. The molecule has 21 heavy (non-hydrogen) atoms. The molecule has 0 spiro atoms. The fourth-order valence-corrected chi connectivity index (χ4v) is 1.78. The largest absolute Gasteiger partial charge is 0.497 e. The number of imide groups is 1. The third kappa shape index (κ3) is 6.37. The monoisotopic (exact) mass is 294 g/mol. The van der Waals surface area contributed by atoms with Gasteiger partial charge in [0.05, 0.1) is 13.7 Å². The molecule has 0 fully saturated rings. The van der Waals surface area contributed by atoms with Crippen molar-refractivity contribution in [3.63, 3.8) is 0 Å². The number of hydrogen-bond donors (Lipinski definition) is 1. The third-order valence-corrected chi connectivity index (χ3v) is 2.91. The van der Waals surface area contributed by atoms with Gasteiger partial charge in [0.2, 0.25) is 5.91 Å². The van der Waals surface area contributed by atoms with Crippen LogP contribution in [0.4, 0.5) is 0 Å². The van der Waals surface area contributed by atoms with E-state index in [1.807, 2.05) is 11.9 Å². The maximum absolute atomic E-state index is 11.9. The topological polar surface area (TPSA) is 67.9 Å². The molecule has 0 atom stereocenters. The predicted molar refractivity (Wildman–Crippen MR) is 79.5 cm³/mol. The summed E-state index contributed by atoms with van der Waals surface area (Å²) >= 11 is 0. The van der Waals surface area contributed by atoms with Gasteiger partial charge in [-0.25, -0.2) is 0 Å². The summed E-state index contributed by atoms with van der Waals surface area (Å²) in [5, 5.41) is 2.36. The minimum absolute atomic E-state index is 0.172. The van der Waals surface area contributed by atoms with E-state index in [-0.39, 0.29) is 12.5 Å². The molecule has 1 N–H and O–H groups in total. The van der Waals surface area contributed by atoms with Crippen LogP contribution in [0.25, 0.3) is 0 Å². The molecule has 6 heteroatoms. The van der Waals surface area contributed by atoms with Crippen molar-refractivity contribution >= 4 is 11.8 Å². The number of ether oxygens (including phenoxy) is 2. The molecular formula is C15H22N2O4. The van der Waals surface area contributed by atoms with Gasteiger partial charge in [-0.05, 0) is 37.7 Å². The Morgan fingerprint density at radius 2 is 1.86 bits per heavy atom. The lowest BCUT2D eigenvalue weighted by Gasteiger charge is -2.15. The van der Waals surface area contributed by atoms with E-state index in [9.17, 15) is 9.59 Å². The Hall–Kier alpha value is -1.92. The highest BCUT2D eigenvalue weighted by Crippen LogP contribution is 2.10. The van der Waals surface area contributed by atoms with Gasteiger partial charge in [-0.15, -0.1) is 0 Å². The smallest absolute Gasteiger partial charge is 0.257 e. The number of methoxy groups -OCH3 is 2. The van der Waals surface area contributed by atoms with Crippen molar-refractivity contribution in [3.8, 4) is 5.75 Å². The second-order valence-corrected chi connectivity index (χ2v) is 4.69. The molecular weight excluding hydrogens is 272 g/mol. The van der Waals surface area contributed by atoms with Gasteiger partial charge in [-0.2, -0.15) is 0 Å². The number of amides is 2. The van der Waals surface area contributed by atoms with Gasteiger partial charge in [-0.3, -0.25) is 19.8 Å². The van der Waals surface area contributed by atoms with Crippen molar-refractivity contribution in [1.82, 2.24) is 10.2 Å². The van der Waals surface area contributed by atoms with Crippen LogP contribution in [0.3, 0.4) is 0 Å². The molecule has 0 aliphatic heterocycles. The van der Waals surface area contributed by atoms with Gasteiger partial charge < -0.3 is 9.47 Å². The fourth-order valence-electron chi connectivity index (χ4n) is 1.78. The molecule has 0 aromatic heterocycles. The first-order valence-corrected chi connectivity index (χ1v) is 6.72. The molecule has 0 bridgehead atoms. The van der Waals surface area contributed by atoms with Crippen LogP contribution in [0.1, 0.15) is 16.8 Å². The highest BCUT2D eigenvalue weighted by molar-refractivity contribution is 6.05. The number of nitrogens with one attached hydrogen (secondary N) is 1. The molecule has 1 aromatic rings. The van der Waals surface area contributed by atoms with Gasteiger partial charge >= 0.3 is 0 Å². The van der Waals surface area contributed by atoms with Gasteiger partial charge in [0.25, 0.3) is 5.91 Å². The molecule has 0 saturated heterocycles. The van der Waals surface area contributed by atoms with E-state index in [1.54, 1.807) is 38.5 Å². The van der Waals surface area contributed by atoms with E-state index in [2.05, 4.69) is 5.32 Å². The Balaban J connectivity index is 2.40. The summed E-state index contributed by atoms with van der Waals surface area (Å²) in [4.78, 5) is 25.5. The first-order chi connectivity index (χ1) is 10.1.